The maximum Gasteiger partial charge on any atom is 0.251 e. The van der Waals surface area contributed by atoms with Crippen LogP contribution in [0.4, 0.5) is 11.4 Å². The highest BCUT2D eigenvalue weighted by atomic mass is 35.5. The number of methoxy groups -OCH3 is 1. The minimum atomic E-state index is -0.335. The van der Waals surface area contributed by atoms with E-state index in [1.165, 1.54) is 0 Å². The first-order valence-electron chi connectivity index (χ1n) is 8.87. The Labute approximate surface area is 173 Å². The number of hydrogen-bond acceptors (Lipinski definition) is 5. The van der Waals surface area contributed by atoms with E-state index in [2.05, 4.69) is 16.0 Å². The van der Waals surface area contributed by atoms with Gasteiger partial charge in [-0.05, 0) is 35.9 Å². The minimum absolute atomic E-state index is 0.108. The maximum atomic E-state index is 12.4. The third kappa shape index (κ3) is 5.41. The van der Waals surface area contributed by atoms with E-state index in [1.807, 2.05) is 30.3 Å². The van der Waals surface area contributed by atoms with Crippen molar-refractivity contribution >= 4 is 46.6 Å². The van der Waals surface area contributed by atoms with Gasteiger partial charge in [0.15, 0.2) is 0 Å². The molecule has 1 atom stereocenters. The highest BCUT2D eigenvalue weighted by molar-refractivity contribution is 7.98. The van der Waals surface area contributed by atoms with E-state index in [0.717, 1.165) is 17.0 Å². The fourth-order valence-electron chi connectivity index (χ4n) is 2.80. The van der Waals surface area contributed by atoms with Crippen LogP contribution in [0.2, 0.25) is 5.02 Å². The molecule has 0 aliphatic carbocycles. The van der Waals surface area contributed by atoms with Gasteiger partial charge in [-0.1, -0.05) is 23.7 Å². The number of anilines is 2. The number of carbonyl (C=O) groups is 2. The molecule has 0 spiro atoms. The molecule has 0 fully saturated rings. The van der Waals surface area contributed by atoms with Crippen molar-refractivity contribution in [2.75, 3.05) is 36.6 Å². The lowest BCUT2D eigenvalue weighted by Gasteiger charge is -2.27. The number of fused-ring (bicyclic) bond motifs is 1. The molecule has 3 N–H and O–H groups in total. The predicted molar refractivity (Wildman–Crippen MR) is 114 cm³/mol. The predicted octanol–water partition coefficient (Wildman–Crippen LogP) is 3.38. The van der Waals surface area contributed by atoms with E-state index >= 15 is 0 Å². The summed E-state index contributed by atoms with van der Waals surface area (Å²) in [6.07, 6.45) is 0. The van der Waals surface area contributed by atoms with Gasteiger partial charge in [0.25, 0.3) is 5.91 Å². The first-order valence-corrected chi connectivity index (χ1v) is 10.4. The molecule has 0 saturated carbocycles. The lowest BCUT2D eigenvalue weighted by Crippen LogP contribution is -2.40. The molecule has 148 valence electrons. The summed E-state index contributed by atoms with van der Waals surface area (Å²) in [4.78, 5) is 24.6. The van der Waals surface area contributed by atoms with E-state index in [4.69, 9.17) is 16.3 Å². The summed E-state index contributed by atoms with van der Waals surface area (Å²) in [6, 6.07) is 12.6. The fourth-order valence-corrected chi connectivity index (χ4v) is 4.01. The maximum absolute atomic E-state index is 12.4. The molecule has 2 amide bonds. The summed E-state index contributed by atoms with van der Waals surface area (Å²) >= 11 is 7.66. The highest BCUT2D eigenvalue weighted by Gasteiger charge is 2.26. The second kappa shape index (κ2) is 9.82. The van der Waals surface area contributed by atoms with Gasteiger partial charge in [0.2, 0.25) is 5.91 Å². The van der Waals surface area contributed by atoms with Crippen molar-refractivity contribution in [1.29, 1.82) is 0 Å². The van der Waals surface area contributed by atoms with Crippen molar-refractivity contribution in [1.82, 2.24) is 5.32 Å². The van der Waals surface area contributed by atoms with Crippen LogP contribution in [-0.2, 0) is 15.3 Å². The summed E-state index contributed by atoms with van der Waals surface area (Å²) in [5, 5.41) is 9.62. The third-order valence-corrected chi connectivity index (χ3v) is 5.56. The Morgan fingerprint density at radius 1 is 1.25 bits per heavy atom. The van der Waals surface area contributed by atoms with Crippen molar-refractivity contribution in [3.05, 3.63) is 58.6 Å². The van der Waals surface area contributed by atoms with Crippen molar-refractivity contribution in [2.24, 2.45) is 0 Å². The largest absolute Gasteiger partial charge is 0.383 e. The Hall–Kier alpha value is -2.22. The molecule has 0 bridgehead atoms. The molecule has 1 unspecified atom stereocenters. The van der Waals surface area contributed by atoms with Crippen LogP contribution in [0.5, 0.6) is 0 Å². The van der Waals surface area contributed by atoms with E-state index in [1.54, 1.807) is 31.0 Å². The molecule has 0 aromatic heterocycles. The number of rotatable bonds is 8. The zero-order valence-electron chi connectivity index (χ0n) is 15.5. The molecular formula is C20H22ClN3O3S. The molecule has 2 aromatic carbocycles. The van der Waals surface area contributed by atoms with Gasteiger partial charge in [-0.3, -0.25) is 9.59 Å². The summed E-state index contributed by atoms with van der Waals surface area (Å²) < 4.78 is 4.92. The van der Waals surface area contributed by atoms with Crippen LogP contribution in [0, 0.1) is 0 Å². The zero-order valence-corrected chi connectivity index (χ0v) is 17.0. The Kier molecular flexibility index (Phi) is 7.19. The van der Waals surface area contributed by atoms with Gasteiger partial charge in [0.1, 0.15) is 6.04 Å². The standard InChI is InChI=1S/C20H22ClN3O3S/c1-27-8-7-22-19(25)14-5-6-16-17(10-14)24-20(26)18(23-16)12-28-11-13-3-2-4-15(21)9-13/h2-6,9-10,18,23H,7-8,11-12H2,1H3,(H,22,25)(H,24,26). The molecule has 1 heterocycles. The van der Waals surface area contributed by atoms with Crippen molar-refractivity contribution < 1.29 is 14.3 Å². The van der Waals surface area contributed by atoms with Crippen LogP contribution in [-0.4, -0.2) is 43.9 Å². The number of amides is 2. The normalized spacial score (nSPS) is 15.4. The fraction of sp³-hybridized carbons (Fsp3) is 0.300. The van der Waals surface area contributed by atoms with Crippen molar-refractivity contribution in [3.63, 3.8) is 0 Å². The first-order chi connectivity index (χ1) is 13.6. The topological polar surface area (TPSA) is 79.5 Å². The second-order valence-corrected chi connectivity index (χ2v) is 7.81. The van der Waals surface area contributed by atoms with Gasteiger partial charge >= 0.3 is 0 Å². The van der Waals surface area contributed by atoms with Crippen molar-refractivity contribution in [3.8, 4) is 0 Å². The summed E-state index contributed by atoms with van der Waals surface area (Å²) in [6.45, 7) is 0.881. The average molecular weight is 420 g/mol. The van der Waals surface area contributed by atoms with Gasteiger partial charge in [-0.15, -0.1) is 0 Å². The summed E-state index contributed by atoms with van der Waals surface area (Å²) in [5.41, 5.74) is 3.03. The SMILES string of the molecule is COCCNC(=O)c1ccc2c(c1)NC(=O)C(CSCc1cccc(Cl)c1)N2. The van der Waals surface area contributed by atoms with Crippen molar-refractivity contribution in [2.45, 2.75) is 11.8 Å². The van der Waals surface area contributed by atoms with Crippen LogP contribution in [0.1, 0.15) is 15.9 Å². The number of hydrogen-bond donors (Lipinski definition) is 3. The molecule has 28 heavy (non-hydrogen) atoms. The molecule has 0 radical (unpaired) electrons. The van der Waals surface area contributed by atoms with E-state index in [9.17, 15) is 9.59 Å². The van der Waals surface area contributed by atoms with E-state index in [-0.39, 0.29) is 17.9 Å². The third-order valence-electron chi connectivity index (χ3n) is 4.22. The molecular weight excluding hydrogens is 398 g/mol. The summed E-state index contributed by atoms with van der Waals surface area (Å²) in [5.74, 6) is 1.09. The van der Waals surface area contributed by atoms with Gasteiger partial charge < -0.3 is 20.7 Å². The van der Waals surface area contributed by atoms with Crippen LogP contribution >= 0.6 is 23.4 Å². The average Bonchev–Trinajstić information content (AvgIpc) is 2.68. The first kappa shape index (κ1) is 20.5. The number of carbonyl (C=O) groups excluding carboxylic acids is 2. The van der Waals surface area contributed by atoms with Crippen LogP contribution in [0.3, 0.4) is 0 Å². The second-order valence-electron chi connectivity index (χ2n) is 6.34. The van der Waals surface area contributed by atoms with E-state index < -0.39 is 0 Å². The molecule has 0 saturated heterocycles. The van der Waals surface area contributed by atoms with Gasteiger partial charge in [0, 0.05) is 35.7 Å². The monoisotopic (exact) mass is 419 g/mol. The Morgan fingerprint density at radius 2 is 2.11 bits per heavy atom. The highest BCUT2D eigenvalue weighted by Crippen LogP contribution is 2.29. The Morgan fingerprint density at radius 3 is 2.89 bits per heavy atom. The van der Waals surface area contributed by atoms with Crippen LogP contribution in [0.15, 0.2) is 42.5 Å². The molecule has 6 nitrogen and oxygen atoms in total. The summed E-state index contributed by atoms with van der Waals surface area (Å²) in [7, 11) is 1.58. The number of halogens is 1. The lowest BCUT2D eigenvalue weighted by atomic mass is 10.1. The minimum Gasteiger partial charge on any atom is -0.383 e. The number of thioether (sulfide) groups is 1. The zero-order chi connectivity index (χ0) is 19.9. The Bertz CT molecular complexity index is 862. The molecule has 1 aliphatic rings. The van der Waals surface area contributed by atoms with E-state index in [0.29, 0.717) is 35.2 Å². The molecule has 1 aliphatic heterocycles. The quantitative estimate of drug-likeness (QED) is 0.571. The van der Waals surface area contributed by atoms with Crippen LogP contribution in [0.25, 0.3) is 0 Å². The number of benzene rings is 2. The molecule has 2 aromatic rings. The molecule has 8 heteroatoms. The Balaban J connectivity index is 1.57. The smallest absolute Gasteiger partial charge is 0.251 e. The van der Waals surface area contributed by atoms with Gasteiger partial charge in [-0.25, -0.2) is 0 Å². The lowest BCUT2D eigenvalue weighted by molar-refractivity contribution is -0.116. The number of ether oxygens (including phenoxy) is 1. The van der Waals surface area contributed by atoms with Crippen LogP contribution < -0.4 is 16.0 Å². The van der Waals surface area contributed by atoms with Gasteiger partial charge in [-0.2, -0.15) is 11.8 Å². The molecule has 3 rings (SSSR count). The number of nitrogens with one attached hydrogen (secondary N) is 3. The van der Waals surface area contributed by atoms with Gasteiger partial charge in [0.05, 0.1) is 18.0 Å².